The van der Waals surface area contributed by atoms with Crippen LogP contribution in [0.5, 0.6) is 5.75 Å². The number of hydrazone groups is 1. The van der Waals surface area contributed by atoms with Gasteiger partial charge in [-0.3, -0.25) is 4.79 Å². The summed E-state index contributed by atoms with van der Waals surface area (Å²) in [5.74, 6) is 0.361. The van der Waals surface area contributed by atoms with Gasteiger partial charge in [0.05, 0.1) is 6.21 Å². The number of benzene rings is 2. The van der Waals surface area contributed by atoms with Crippen LogP contribution in [0.3, 0.4) is 0 Å². The van der Waals surface area contributed by atoms with Gasteiger partial charge in [0.2, 0.25) is 5.91 Å². The van der Waals surface area contributed by atoms with Crippen LogP contribution in [0.2, 0.25) is 0 Å². The molecule has 0 spiro atoms. The molecule has 21 heavy (non-hydrogen) atoms. The van der Waals surface area contributed by atoms with Crippen LogP contribution in [-0.2, 0) is 4.79 Å². The molecule has 0 unspecified atom stereocenters. The average Bonchev–Trinajstić information content (AvgIpc) is 3.31. The van der Waals surface area contributed by atoms with Crippen LogP contribution < -0.4 is 5.43 Å². The monoisotopic (exact) mass is 280 g/mol. The first-order valence-corrected chi connectivity index (χ1v) is 6.91. The van der Waals surface area contributed by atoms with E-state index < -0.39 is 0 Å². The van der Waals surface area contributed by atoms with Gasteiger partial charge in [-0.05, 0) is 30.0 Å². The molecule has 0 aromatic heterocycles. The van der Waals surface area contributed by atoms with Crippen LogP contribution in [0.15, 0.2) is 59.7 Å². The number of aromatic hydroxyl groups is 1. The Bertz CT molecular complexity index is 668. The summed E-state index contributed by atoms with van der Waals surface area (Å²) in [6.45, 7) is 0. The summed E-state index contributed by atoms with van der Waals surface area (Å²) in [7, 11) is 0. The standard InChI is InChI=1S/C17H16N2O2/c20-16-9-5-4-8-13(16)11-18-19-17(21)15-10-14(15)12-6-2-1-3-7-12/h1-9,11,14-15,20H,10H2,(H,19,21)/b18-11+/t14-,15+/m1/s1. The zero-order valence-electron chi connectivity index (χ0n) is 11.4. The van der Waals surface area contributed by atoms with Gasteiger partial charge in [0.1, 0.15) is 5.75 Å². The van der Waals surface area contributed by atoms with Crippen molar-refractivity contribution >= 4 is 12.1 Å². The number of rotatable bonds is 4. The van der Waals surface area contributed by atoms with E-state index in [-0.39, 0.29) is 17.6 Å². The van der Waals surface area contributed by atoms with Gasteiger partial charge in [-0.2, -0.15) is 5.10 Å². The third kappa shape index (κ3) is 3.11. The SMILES string of the molecule is O=C(N/N=C/c1ccccc1O)[C@H]1C[C@@H]1c1ccccc1. The van der Waals surface area contributed by atoms with Crippen molar-refractivity contribution in [3.63, 3.8) is 0 Å². The Kier molecular flexibility index (Phi) is 3.69. The highest BCUT2D eigenvalue weighted by molar-refractivity contribution is 5.86. The Balaban J connectivity index is 1.56. The fourth-order valence-electron chi connectivity index (χ4n) is 2.40. The van der Waals surface area contributed by atoms with Crippen molar-refractivity contribution in [2.75, 3.05) is 0 Å². The van der Waals surface area contributed by atoms with E-state index in [0.717, 1.165) is 6.42 Å². The van der Waals surface area contributed by atoms with Crippen LogP contribution in [0.4, 0.5) is 0 Å². The van der Waals surface area contributed by atoms with E-state index in [1.165, 1.54) is 11.8 Å². The van der Waals surface area contributed by atoms with Gasteiger partial charge in [-0.15, -0.1) is 0 Å². The maximum absolute atomic E-state index is 12.0. The van der Waals surface area contributed by atoms with E-state index in [4.69, 9.17) is 0 Å². The molecule has 0 radical (unpaired) electrons. The fraction of sp³-hybridized carbons (Fsp3) is 0.176. The number of para-hydroxylation sites is 1. The number of hydrogen-bond acceptors (Lipinski definition) is 3. The van der Waals surface area contributed by atoms with Gasteiger partial charge < -0.3 is 5.11 Å². The lowest BCUT2D eigenvalue weighted by molar-refractivity contribution is -0.122. The molecule has 4 nitrogen and oxygen atoms in total. The van der Waals surface area contributed by atoms with Crippen molar-refractivity contribution in [1.82, 2.24) is 5.43 Å². The molecule has 0 aliphatic heterocycles. The van der Waals surface area contributed by atoms with Gasteiger partial charge in [-0.1, -0.05) is 42.5 Å². The number of nitrogens with one attached hydrogen (secondary N) is 1. The van der Waals surface area contributed by atoms with Crippen LogP contribution in [0.25, 0.3) is 0 Å². The van der Waals surface area contributed by atoms with Gasteiger partial charge in [0.25, 0.3) is 0 Å². The predicted molar refractivity (Wildman–Crippen MR) is 81.1 cm³/mol. The smallest absolute Gasteiger partial charge is 0.243 e. The zero-order valence-corrected chi connectivity index (χ0v) is 11.4. The molecule has 4 heteroatoms. The summed E-state index contributed by atoms with van der Waals surface area (Å²) in [4.78, 5) is 12.0. The molecule has 1 aliphatic carbocycles. The van der Waals surface area contributed by atoms with Gasteiger partial charge in [0.15, 0.2) is 0 Å². The number of carbonyl (C=O) groups excluding carboxylic acids is 1. The van der Waals surface area contributed by atoms with Gasteiger partial charge >= 0.3 is 0 Å². The Labute approximate surface area is 123 Å². The van der Waals surface area contributed by atoms with Crippen LogP contribution in [0.1, 0.15) is 23.5 Å². The lowest BCUT2D eigenvalue weighted by Crippen LogP contribution is -2.20. The Morgan fingerprint density at radius 3 is 2.62 bits per heavy atom. The van der Waals surface area contributed by atoms with Gasteiger partial charge in [0, 0.05) is 11.5 Å². The molecule has 0 saturated heterocycles. The maximum atomic E-state index is 12.0. The van der Waals surface area contributed by atoms with E-state index in [2.05, 4.69) is 10.5 Å². The van der Waals surface area contributed by atoms with E-state index >= 15 is 0 Å². The third-order valence-electron chi connectivity index (χ3n) is 3.67. The number of phenols is 1. The molecule has 1 saturated carbocycles. The molecule has 0 bridgehead atoms. The molecule has 3 rings (SSSR count). The van der Waals surface area contributed by atoms with E-state index in [1.54, 1.807) is 24.3 Å². The highest BCUT2D eigenvalue weighted by Crippen LogP contribution is 2.47. The summed E-state index contributed by atoms with van der Waals surface area (Å²) < 4.78 is 0. The molecular formula is C17H16N2O2. The van der Waals surface area contributed by atoms with E-state index in [1.807, 2.05) is 30.3 Å². The van der Waals surface area contributed by atoms with Crippen molar-refractivity contribution in [3.8, 4) is 5.75 Å². The third-order valence-corrected chi connectivity index (χ3v) is 3.67. The Morgan fingerprint density at radius 2 is 1.86 bits per heavy atom. The first-order valence-electron chi connectivity index (χ1n) is 6.91. The van der Waals surface area contributed by atoms with E-state index in [9.17, 15) is 9.90 Å². The average molecular weight is 280 g/mol. The van der Waals surface area contributed by atoms with Crippen LogP contribution in [-0.4, -0.2) is 17.2 Å². The molecule has 2 N–H and O–H groups in total. The first kappa shape index (κ1) is 13.4. The van der Waals surface area contributed by atoms with Crippen molar-refractivity contribution in [2.24, 2.45) is 11.0 Å². The second-order valence-electron chi connectivity index (χ2n) is 5.15. The topological polar surface area (TPSA) is 61.7 Å². The fourth-order valence-corrected chi connectivity index (χ4v) is 2.40. The Hall–Kier alpha value is -2.62. The summed E-state index contributed by atoms with van der Waals surface area (Å²) in [5, 5.41) is 13.5. The molecular weight excluding hydrogens is 264 g/mol. The maximum Gasteiger partial charge on any atom is 0.243 e. The Morgan fingerprint density at radius 1 is 1.14 bits per heavy atom. The van der Waals surface area contributed by atoms with Crippen molar-refractivity contribution in [1.29, 1.82) is 0 Å². The number of phenolic OH excluding ortho intramolecular Hbond substituents is 1. The molecule has 2 aromatic carbocycles. The van der Waals surface area contributed by atoms with Crippen LogP contribution in [0, 0.1) is 5.92 Å². The largest absolute Gasteiger partial charge is 0.507 e. The van der Waals surface area contributed by atoms with Crippen LogP contribution >= 0.6 is 0 Å². The minimum Gasteiger partial charge on any atom is -0.507 e. The summed E-state index contributed by atoms with van der Waals surface area (Å²) in [5.41, 5.74) is 4.31. The lowest BCUT2D eigenvalue weighted by atomic mass is 10.1. The normalized spacial score (nSPS) is 20.4. The number of amides is 1. The predicted octanol–water partition coefficient (Wildman–Crippen LogP) is 2.65. The zero-order chi connectivity index (χ0) is 14.7. The molecule has 1 aliphatic rings. The molecule has 2 aromatic rings. The highest BCUT2D eigenvalue weighted by atomic mass is 16.3. The van der Waals surface area contributed by atoms with E-state index in [0.29, 0.717) is 11.5 Å². The number of carbonyl (C=O) groups is 1. The van der Waals surface area contributed by atoms with Crippen molar-refractivity contribution < 1.29 is 9.90 Å². The van der Waals surface area contributed by atoms with Gasteiger partial charge in [-0.25, -0.2) is 5.43 Å². The summed E-state index contributed by atoms with van der Waals surface area (Å²) in [6.07, 6.45) is 2.31. The van der Waals surface area contributed by atoms with Crippen molar-refractivity contribution in [3.05, 3.63) is 65.7 Å². The first-order chi connectivity index (χ1) is 10.3. The summed E-state index contributed by atoms with van der Waals surface area (Å²) in [6, 6.07) is 16.9. The molecule has 1 fully saturated rings. The minimum absolute atomic E-state index is 0.00563. The van der Waals surface area contributed by atoms with Crippen molar-refractivity contribution in [2.45, 2.75) is 12.3 Å². The summed E-state index contributed by atoms with van der Waals surface area (Å²) >= 11 is 0. The second-order valence-corrected chi connectivity index (χ2v) is 5.15. The molecule has 106 valence electrons. The quantitative estimate of drug-likeness (QED) is 0.668. The highest BCUT2D eigenvalue weighted by Gasteiger charge is 2.43. The molecule has 0 heterocycles. The lowest BCUT2D eigenvalue weighted by Gasteiger charge is -2.00. The molecule has 2 atom stereocenters. The molecule has 1 amide bonds. The minimum atomic E-state index is -0.0736. The number of hydrogen-bond donors (Lipinski definition) is 2. The second kappa shape index (κ2) is 5.79. The number of nitrogens with zero attached hydrogens (tertiary/aromatic N) is 1.